The van der Waals surface area contributed by atoms with Crippen molar-refractivity contribution in [3.05, 3.63) is 0 Å². The van der Waals surface area contributed by atoms with Crippen molar-refractivity contribution in [2.24, 2.45) is 0 Å². The molecule has 0 bridgehead atoms. The zero-order valence-corrected chi connectivity index (χ0v) is 15.2. The van der Waals surface area contributed by atoms with Gasteiger partial charge in [-0.3, -0.25) is 4.79 Å². The maximum atomic E-state index is 11.2. The Bertz CT molecular complexity index is 259. The summed E-state index contributed by atoms with van der Waals surface area (Å²) in [6.45, 7) is 1.85. The molecule has 0 saturated heterocycles. The normalized spacial score (nSPS) is 12.3. The highest BCUT2D eigenvalue weighted by Crippen LogP contribution is 2.13. The van der Waals surface area contributed by atoms with Gasteiger partial charge in [-0.2, -0.15) is 0 Å². The van der Waals surface area contributed by atoms with Crippen LogP contribution in [0.15, 0.2) is 0 Å². The lowest BCUT2D eigenvalue weighted by Crippen LogP contribution is -2.34. The van der Waals surface area contributed by atoms with E-state index in [2.05, 4.69) is 12.2 Å². The number of aliphatic hydroxyl groups is 2. The summed E-state index contributed by atoms with van der Waals surface area (Å²) < 4.78 is 0. The molecule has 4 heteroatoms. The fraction of sp³-hybridized carbons (Fsp3) is 0.947. The predicted molar refractivity (Wildman–Crippen MR) is 96.2 cm³/mol. The van der Waals surface area contributed by atoms with Gasteiger partial charge in [0.25, 0.3) is 5.91 Å². The van der Waals surface area contributed by atoms with Crippen LogP contribution in [0.3, 0.4) is 0 Å². The molecule has 0 rings (SSSR count). The molecule has 3 N–H and O–H groups in total. The van der Waals surface area contributed by atoms with Gasteiger partial charge in [0, 0.05) is 0 Å². The SMILES string of the molecule is CCCCCCCCCCCCCCCCC(O)C(=O)NCO. The summed E-state index contributed by atoms with van der Waals surface area (Å²) in [5.74, 6) is -0.470. The molecule has 0 aromatic carbocycles. The first-order chi connectivity index (χ1) is 11.2. The first-order valence-corrected chi connectivity index (χ1v) is 9.79. The molecule has 0 saturated carbocycles. The zero-order valence-electron chi connectivity index (χ0n) is 15.2. The van der Waals surface area contributed by atoms with E-state index in [1.54, 1.807) is 0 Å². The molecule has 0 fully saturated rings. The van der Waals surface area contributed by atoms with E-state index >= 15 is 0 Å². The summed E-state index contributed by atoms with van der Waals surface area (Å²) in [4.78, 5) is 11.2. The van der Waals surface area contributed by atoms with E-state index in [9.17, 15) is 9.90 Å². The van der Waals surface area contributed by atoms with Gasteiger partial charge < -0.3 is 15.5 Å². The highest BCUT2D eigenvalue weighted by Gasteiger charge is 2.12. The monoisotopic (exact) mass is 329 g/mol. The van der Waals surface area contributed by atoms with Crippen LogP contribution >= 0.6 is 0 Å². The largest absolute Gasteiger partial charge is 0.383 e. The van der Waals surface area contributed by atoms with Crippen molar-refractivity contribution in [2.75, 3.05) is 6.73 Å². The fourth-order valence-electron chi connectivity index (χ4n) is 2.86. The fourth-order valence-corrected chi connectivity index (χ4v) is 2.86. The molecule has 0 aliphatic rings. The molecule has 1 atom stereocenters. The van der Waals surface area contributed by atoms with Gasteiger partial charge in [-0.25, -0.2) is 0 Å². The Hall–Kier alpha value is -0.610. The predicted octanol–water partition coefficient (Wildman–Crippen LogP) is 4.28. The molecule has 0 aliphatic carbocycles. The smallest absolute Gasteiger partial charge is 0.250 e. The lowest BCUT2D eigenvalue weighted by atomic mass is 10.0. The number of amides is 1. The summed E-state index contributed by atoms with van der Waals surface area (Å²) in [5, 5.41) is 20.3. The van der Waals surface area contributed by atoms with Gasteiger partial charge in [0.05, 0.1) is 0 Å². The molecule has 0 aromatic heterocycles. The van der Waals surface area contributed by atoms with Crippen molar-refractivity contribution in [1.29, 1.82) is 0 Å². The van der Waals surface area contributed by atoms with Crippen LogP contribution in [0, 0.1) is 0 Å². The van der Waals surface area contributed by atoms with E-state index in [4.69, 9.17) is 5.11 Å². The first-order valence-electron chi connectivity index (χ1n) is 9.79. The number of aliphatic hydroxyl groups excluding tert-OH is 2. The molecule has 4 nitrogen and oxygen atoms in total. The van der Waals surface area contributed by atoms with Crippen LogP contribution in [0.25, 0.3) is 0 Å². The third kappa shape index (κ3) is 16.0. The minimum absolute atomic E-state index is 0.408. The average Bonchev–Trinajstić information content (AvgIpc) is 2.55. The van der Waals surface area contributed by atoms with Crippen LogP contribution in [0.1, 0.15) is 103 Å². The van der Waals surface area contributed by atoms with Crippen molar-refractivity contribution in [3.8, 4) is 0 Å². The van der Waals surface area contributed by atoms with Gasteiger partial charge in [0.2, 0.25) is 0 Å². The highest BCUT2D eigenvalue weighted by atomic mass is 16.3. The second kappa shape index (κ2) is 17.7. The molecule has 1 amide bonds. The van der Waals surface area contributed by atoms with Gasteiger partial charge in [-0.05, 0) is 6.42 Å². The molecular weight excluding hydrogens is 290 g/mol. The summed E-state index contributed by atoms with van der Waals surface area (Å²) >= 11 is 0. The minimum atomic E-state index is -0.973. The van der Waals surface area contributed by atoms with E-state index in [0.717, 1.165) is 12.8 Å². The van der Waals surface area contributed by atoms with Gasteiger partial charge in [0.15, 0.2) is 0 Å². The number of carbonyl (C=O) groups excluding carboxylic acids is 1. The van der Waals surface area contributed by atoms with Gasteiger partial charge >= 0.3 is 0 Å². The zero-order chi connectivity index (χ0) is 17.2. The maximum Gasteiger partial charge on any atom is 0.250 e. The summed E-state index contributed by atoms with van der Waals surface area (Å²) in [6, 6.07) is 0. The number of nitrogens with one attached hydrogen (secondary N) is 1. The van der Waals surface area contributed by atoms with Gasteiger partial charge in [-0.1, -0.05) is 96.8 Å². The third-order valence-corrected chi connectivity index (χ3v) is 4.39. The number of hydrogen-bond donors (Lipinski definition) is 3. The molecule has 0 aliphatic heterocycles. The van der Waals surface area contributed by atoms with Crippen LogP contribution in [-0.4, -0.2) is 29.0 Å². The van der Waals surface area contributed by atoms with E-state index in [1.807, 2.05) is 0 Å². The van der Waals surface area contributed by atoms with Crippen LogP contribution in [0.4, 0.5) is 0 Å². The first kappa shape index (κ1) is 22.4. The lowest BCUT2D eigenvalue weighted by Gasteiger charge is -2.09. The Morgan fingerprint density at radius 2 is 1.17 bits per heavy atom. The van der Waals surface area contributed by atoms with Crippen molar-refractivity contribution in [3.63, 3.8) is 0 Å². The van der Waals surface area contributed by atoms with Crippen LogP contribution in [0.2, 0.25) is 0 Å². The van der Waals surface area contributed by atoms with Crippen LogP contribution < -0.4 is 5.32 Å². The Balaban J connectivity index is 3.14. The summed E-state index contributed by atoms with van der Waals surface area (Å²) in [7, 11) is 0. The quantitative estimate of drug-likeness (QED) is 0.275. The van der Waals surface area contributed by atoms with Crippen LogP contribution in [0.5, 0.6) is 0 Å². The van der Waals surface area contributed by atoms with Crippen molar-refractivity contribution >= 4 is 5.91 Å². The summed E-state index contributed by atoms with van der Waals surface area (Å²) in [5.41, 5.74) is 0. The molecule has 23 heavy (non-hydrogen) atoms. The van der Waals surface area contributed by atoms with Crippen molar-refractivity contribution < 1.29 is 15.0 Å². The van der Waals surface area contributed by atoms with Crippen molar-refractivity contribution in [2.45, 2.75) is 109 Å². The van der Waals surface area contributed by atoms with Gasteiger partial charge in [0.1, 0.15) is 12.8 Å². The van der Waals surface area contributed by atoms with E-state index in [1.165, 1.54) is 77.0 Å². The Morgan fingerprint density at radius 3 is 1.57 bits per heavy atom. The second-order valence-electron chi connectivity index (χ2n) is 6.60. The summed E-state index contributed by atoms with van der Waals surface area (Å²) in [6.07, 6.45) is 17.7. The van der Waals surface area contributed by atoms with Crippen LogP contribution in [-0.2, 0) is 4.79 Å². The molecule has 0 heterocycles. The Kier molecular flexibility index (Phi) is 17.3. The molecular formula is C19H39NO3. The van der Waals surface area contributed by atoms with E-state index in [0.29, 0.717) is 6.42 Å². The second-order valence-corrected chi connectivity index (χ2v) is 6.60. The number of unbranched alkanes of at least 4 members (excludes halogenated alkanes) is 13. The standard InChI is InChI=1S/C19H39NO3/c1-2-3-4-5-6-7-8-9-10-11-12-13-14-15-16-18(22)19(23)20-17-21/h18,21-22H,2-17H2,1H3,(H,20,23). The molecule has 1 unspecified atom stereocenters. The highest BCUT2D eigenvalue weighted by molar-refractivity contribution is 5.80. The topological polar surface area (TPSA) is 69.6 Å². The molecule has 0 aromatic rings. The number of rotatable bonds is 17. The number of carbonyl (C=O) groups is 1. The molecule has 138 valence electrons. The third-order valence-electron chi connectivity index (χ3n) is 4.39. The number of hydrogen-bond acceptors (Lipinski definition) is 3. The average molecular weight is 330 g/mol. The van der Waals surface area contributed by atoms with E-state index in [-0.39, 0.29) is 0 Å². The Morgan fingerprint density at radius 1 is 0.783 bits per heavy atom. The van der Waals surface area contributed by atoms with Gasteiger partial charge in [-0.15, -0.1) is 0 Å². The lowest BCUT2D eigenvalue weighted by molar-refractivity contribution is -0.130. The maximum absolute atomic E-state index is 11.2. The van der Waals surface area contributed by atoms with Crippen molar-refractivity contribution in [1.82, 2.24) is 5.32 Å². The molecule has 0 radical (unpaired) electrons. The molecule has 0 spiro atoms. The minimum Gasteiger partial charge on any atom is -0.383 e. The Labute approximate surface area is 143 Å². The van der Waals surface area contributed by atoms with E-state index < -0.39 is 18.7 Å².